The molecule has 2 rings (SSSR count). The van der Waals surface area contributed by atoms with Gasteiger partial charge in [-0.3, -0.25) is 14.4 Å². The number of carbonyl (C=O) groups is 3. The normalized spacial score (nSPS) is 11.5. The van der Waals surface area contributed by atoms with E-state index in [1.807, 2.05) is 12.1 Å². The summed E-state index contributed by atoms with van der Waals surface area (Å²) < 4.78 is 28.0. The summed E-state index contributed by atoms with van der Waals surface area (Å²) in [6.07, 6.45) is -0.112. The highest BCUT2D eigenvalue weighted by Crippen LogP contribution is 2.22. The number of nitrogens with two attached hydrogens (primary N) is 1. The van der Waals surface area contributed by atoms with Crippen LogP contribution in [-0.4, -0.2) is 39.4 Å². The Hall–Kier alpha value is -3.24. The molecule has 0 saturated heterocycles. The van der Waals surface area contributed by atoms with Gasteiger partial charge in [0.25, 0.3) is 11.8 Å². The number of ether oxygens (including phenoxy) is 1. The van der Waals surface area contributed by atoms with Crippen molar-refractivity contribution in [2.75, 3.05) is 18.5 Å². The quantitative estimate of drug-likeness (QED) is 0.499. The second-order valence-corrected chi connectivity index (χ2v) is 10.1. The van der Waals surface area contributed by atoms with Gasteiger partial charge in [0.15, 0.2) is 6.61 Å². The Morgan fingerprint density at radius 3 is 2.24 bits per heavy atom. The van der Waals surface area contributed by atoms with E-state index in [1.165, 1.54) is 18.2 Å². The lowest BCUT2D eigenvalue weighted by Gasteiger charge is -2.19. The second-order valence-electron chi connectivity index (χ2n) is 8.57. The number of amides is 2. The number of rotatable bonds is 8. The fraction of sp³-hybridized carbons (Fsp3) is 0.348. The zero-order valence-electron chi connectivity index (χ0n) is 19.1. The van der Waals surface area contributed by atoms with Gasteiger partial charge in [-0.2, -0.15) is 0 Å². The van der Waals surface area contributed by atoms with E-state index >= 15 is 0 Å². The summed E-state index contributed by atoms with van der Waals surface area (Å²) in [7, 11) is -3.94. The van der Waals surface area contributed by atoms with Gasteiger partial charge < -0.3 is 15.4 Å². The second kappa shape index (κ2) is 10.6. The highest BCUT2D eigenvalue weighted by Gasteiger charge is 2.16. The lowest BCUT2D eigenvalue weighted by atomic mass is 9.87. The number of anilines is 1. The molecule has 0 atom stereocenters. The highest BCUT2D eigenvalue weighted by molar-refractivity contribution is 7.89. The molecular formula is C23H29N3O6S. The molecule has 0 aromatic heterocycles. The van der Waals surface area contributed by atoms with Crippen molar-refractivity contribution in [3.05, 3.63) is 59.2 Å². The molecule has 0 unspecified atom stereocenters. The molecule has 4 N–H and O–H groups in total. The monoisotopic (exact) mass is 475 g/mol. The minimum atomic E-state index is -3.94. The summed E-state index contributed by atoms with van der Waals surface area (Å²) in [4.78, 5) is 35.9. The number of esters is 1. The summed E-state index contributed by atoms with van der Waals surface area (Å²) in [5.74, 6) is -1.62. The summed E-state index contributed by atoms with van der Waals surface area (Å²) in [6, 6.07) is 11.5. The Morgan fingerprint density at radius 1 is 1.03 bits per heavy atom. The van der Waals surface area contributed by atoms with Gasteiger partial charge in [-0.15, -0.1) is 0 Å². The van der Waals surface area contributed by atoms with Crippen molar-refractivity contribution < 1.29 is 27.5 Å². The molecule has 0 aliphatic carbocycles. The average Bonchev–Trinajstić information content (AvgIpc) is 2.72. The first-order valence-electron chi connectivity index (χ1n) is 10.2. The molecule has 2 aromatic rings. The first-order chi connectivity index (χ1) is 15.3. The number of nitrogens with one attached hydrogen (secondary N) is 2. The van der Waals surface area contributed by atoms with Gasteiger partial charge in [-0.25, -0.2) is 13.6 Å². The molecule has 0 heterocycles. The van der Waals surface area contributed by atoms with Crippen LogP contribution < -0.4 is 15.8 Å². The molecule has 0 saturated carbocycles. The van der Waals surface area contributed by atoms with E-state index in [0.717, 1.165) is 5.56 Å². The average molecular weight is 476 g/mol. The summed E-state index contributed by atoms with van der Waals surface area (Å²) in [5, 5.41) is 10.2. The smallest absolute Gasteiger partial charge is 0.308 e. The van der Waals surface area contributed by atoms with Crippen molar-refractivity contribution in [3.63, 3.8) is 0 Å². The molecule has 0 aliphatic rings. The van der Waals surface area contributed by atoms with Crippen LogP contribution >= 0.6 is 0 Å². The first-order valence-corrected chi connectivity index (χ1v) is 11.8. The van der Waals surface area contributed by atoms with Gasteiger partial charge in [0, 0.05) is 17.8 Å². The van der Waals surface area contributed by atoms with Gasteiger partial charge in [0.2, 0.25) is 10.0 Å². The minimum Gasteiger partial charge on any atom is -0.456 e. The Kier molecular flexibility index (Phi) is 8.34. The van der Waals surface area contributed by atoms with Crippen LogP contribution in [0.2, 0.25) is 0 Å². The maximum absolute atomic E-state index is 12.2. The Labute approximate surface area is 193 Å². The maximum atomic E-state index is 12.2. The molecule has 33 heavy (non-hydrogen) atoms. The van der Waals surface area contributed by atoms with Crippen molar-refractivity contribution in [2.24, 2.45) is 5.14 Å². The topological polar surface area (TPSA) is 145 Å². The predicted molar refractivity (Wildman–Crippen MR) is 124 cm³/mol. The maximum Gasteiger partial charge on any atom is 0.308 e. The largest absolute Gasteiger partial charge is 0.456 e. The fourth-order valence-electron chi connectivity index (χ4n) is 2.90. The van der Waals surface area contributed by atoms with Crippen LogP contribution in [0.4, 0.5) is 5.69 Å². The molecule has 0 bridgehead atoms. The van der Waals surface area contributed by atoms with Crippen LogP contribution in [0.3, 0.4) is 0 Å². The van der Waals surface area contributed by atoms with E-state index in [9.17, 15) is 22.8 Å². The first kappa shape index (κ1) is 26.0. The SMILES string of the molecule is Cc1ccc(NC(=O)COC(=O)CCNC(=O)c2ccc(C(C)(C)C)cc2)cc1S(N)(=O)=O. The van der Waals surface area contributed by atoms with E-state index in [1.54, 1.807) is 19.1 Å². The molecule has 2 amide bonds. The standard InChI is InChI=1S/C23H29N3O6S/c1-15-5-10-18(13-19(15)33(24,30)31)26-20(27)14-32-21(28)11-12-25-22(29)16-6-8-17(9-7-16)23(2,3)4/h5-10,13H,11-12,14H2,1-4H3,(H,25,29)(H,26,27)(H2,24,30,31). The van der Waals surface area contributed by atoms with Crippen LogP contribution in [0.5, 0.6) is 0 Å². The molecule has 2 aromatic carbocycles. The van der Waals surface area contributed by atoms with Crippen LogP contribution in [0.1, 0.15) is 48.7 Å². The summed E-state index contributed by atoms with van der Waals surface area (Å²) in [6.45, 7) is 7.31. The predicted octanol–water partition coefficient (Wildman–Crippen LogP) is 2.24. The number of aryl methyl sites for hydroxylation is 1. The van der Waals surface area contributed by atoms with Crippen molar-refractivity contribution >= 4 is 33.5 Å². The Bertz CT molecular complexity index is 1140. The van der Waals surface area contributed by atoms with E-state index in [4.69, 9.17) is 9.88 Å². The molecule has 9 nitrogen and oxygen atoms in total. The van der Waals surface area contributed by atoms with E-state index < -0.39 is 28.5 Å². The zero-order valence-corrected chi connectivity index (χ0v) is 19.9. The molecule has 178 valence electrons. The molecular weight excluding hydrogens is 446 g/mol. The lowest BCUT2D eigenvalue weighted by Crippen LogP contribution is -2.28. The zero-order chi connectivity index (χ0) is 24.8. The van der Waals surface area contributed by atoms with Gasteiger partial charge in [0.05, 0.1) is 11.3 Å². The fourth-order valence-corrected chi connectivity index (χ4v) is 3.71. The number of carbonyl (C=O) groups excluding carboxylic acids is 3. The third-order valence-electron chi connectivity index (χ3n) is 4.77. The van der Waals surface area contributed by atoms with Gasteiger partial charge in [0.1, 0.15) is 0 Å². The van der Waals surface area contributed by atoms with Crippen molar-refractivity contribution in [1.29, 1.82) is 0 Å². The number of hydrogen-bond acceptors (Lipinski definition) is 6. The summed E-state index contributed by atoms with van der Waals surface area (Å²) in [5.41, 5.74) is 2.21. The van der Waals surface area contributed by atoms with E-state index in [2.05, 4.69) is 31.4 Å². The van der Waals surface area contributed by atoms with Gasteiger partial charge in [-0.05, 0) is 47.7 Å². The van der Waals surface area contributed by atoms with Crippen LogP contribution in [0.15, 0.2) is 47.4 Å². The molecule has 10 heteroatoms. The number of primary sulfonamides is 1. The van der Waals surface area contributed by atoms with Gasteiger partial charge in [-0.1, -0.05) is 39.0 Å². The van der Waals surface area contributed by atoms with Crippen LogP contribution in [0.25, 0.3) is 0 Å². The van der Waals surface area contributed by atoms with Crippen molar-refractivity contribution in [3.8, 4) is 0 Å². The number of hydrogen-bond donors (Lipinski definition) is 3. The Balaban J connectivity index is 1.77. The lowest BCUT2D eigenvalue weighted by molar-refractivity contribution is -0.147. The van der Waals surface area contributed by atoms with Gasteiger partial charge >= 0.3 is 5.97 Å². The van der Waals surface area contributed by atoms with Crippen molar-refractivity contribution in [1.82, 2.24) is 5.32 Å². The van der Waals surface area contributed by atoms with Crippen molar-refractivity contribution in [2.45, 2.75) is 44.4 Å². The third-order valence-corrected chi connectivity index (χ3v) is 5.82. The minimum absolute atomic E-state index is 0.0189. The Morgan fingerprint density at radius 2 is 1.67 bits per heavy atom. The van der Waals surface area contributed by atoms with Crippen LogP contribution in [0, 0.1) is 6.92 Å². The molecule has 0 aliphatic heterocycles. The number of sulfonamides is 1. The van der Waals surface area contributed by atoms with E-state index in [0.29, 0.717) is 11.1 Å². The van der Waals surface area contributed by atoms with E-state index in [-0.39, 0.29) is 34.9 Å². The molecule has 0 spiro atoms. The molecule has 0 fully saturated rings. The number of benzene rings is 2. The molecule has 0 radical (unpaired) electrons. The summed E-state index contributed by atoms with van der Waals surface area (Å²) >= 11 is 0. The van der Waals surface area contributed by atoms with Crippen LogP contribution in [-0.2, 0) is 29.8 Å². The third kappa shape index (κ3) is 7.99. The highest BCUT2D eigenvalue weighted by atomic mass is 32.2.